The van der Waals surface area contributed by atoms with Crippen LogP contribution < -0.4 is 4.90 Å². The minimum atomic E-state index is -0.920. The summed E-state index contributed by atoms with van der Waals surface area (Å²) >= 11 is 1.31. The molecule has 1 amide bonds. The number of hydrogen-bond acceptors (Lipinski definition) is 4. The van der Waals surface area contributed by atoms with Crippen molar-refractivity contribution in [2.45, 2.75) is 70.1 Å². The van der Waals surface area contributed by atoms with Gasteiger partial charge in [0.05, 0.1) is 0 Å². The number of amides is 1. The Morgan fingerprint density at radius 3 is 2.31 bits per heavy atom. The summed E-state index contributed by atoms with van der Waals surface area (Å²) in [6, 6.07) is 15.6. The number of para-hydroxylation sites is 1. The average Bonchev–Trinajstić information content (AvgIpc) is 3.15. The Bertz CT molecular complexity index is 1200. The summed E-state index contributed by atoms with van der Waals surface area (Å²) in [7, 11) is 1.79. The van der Waals surface area contributed by atoms with Gasteiger partial charge in [0.2, 0.25) is 0 Å². The quantitative estimate of drug-likeness (QED) is 0.255. The van der Waals surface area contributed by atoms with E-state index in [1.165, 1.54) is 11.8 Å². The molecule has 35 heavy (non-hydrogen) atoms. The molecule has 0 atom stereocenters. The number of hydrogen-bond donors (Lipinski definition) is 1. The summed E-state index contributed by atoms with van der Waals surface area (Å²) in [5.74, 6) is -0.230. The minimum absolute atomic E-state index is 0.136. The SMILES string of the molecule is CCCCCn1c(-c2ccc(SC(C)(C)C(=O)O)cc2)nc(C(=O)N(C)c2ccccc2C)c1C. The maximum Gasteiger partial charge on any atom is 0.319 e. The molecule has 3 rings (SSSR count). The van der Waals surface area contributed by atoms with Crippen molar-refractivity contribution in [2.24, 2.45) is 0 Å². The molecule has 1 aromatic heterocycles. The van der Waals surface area contributed by atoms with E-state index >= 15 is 0 Å². The number of rotatable bonds is 10. The Balaban J connectivity index is 1.98. The predicted octanol–water partition coefficient (Wildman–Crippen LogP) is 6.59. The Morgan fingerprint density at radius 1 is 1.06 bits per heavy atom. The number of nitrogens with zero attached hydrogens (tertiary/aromatic N) is 3. The molecule has 0 unspecified atom stereocenters. The van der Waals surface area contributed by atoms with E-state index in [1.807, 2.05) is 62.4 Å². The van der Waals surface area contributed by atoms with Gasteiger partial charge in [0.25, 0.3) is 5.91 Å². The van der Waals surface area contributed by atoms with E-state index in [0.29, 0.717) is 5.69 Å². The van der Waals surface area contributed by atoms with Crippen molar-refractivity contribution in [3.63, 3.8) is 0 Å². The first-order valence-electron chi connectivity index (χ1n) is 12.0. The van der Waals surface area contributed by atoms with Gasteiger partial charge in [-0.25, -0.2) is 4.98 Å². The second-order valence-electron chi connectivity index (χ2n) is 9.32. The smallest absolute Gasteiger partial charge is 0.319 e. The lowest BCUT2D eigenvalue weighted by Crippen LogP contribution is -2.28. The monoisotopic (exact) mass is 493 g/mol. The second kappa shape index (κ2) is 11.1. The van der Waals surface area contributed by atoms with Crippen LogP contribution in [-0.4, -0.2) is 38.3 Å². The van der Waals surface area contributed by atoms with E-state index < -0.39 is 10.7 Å². The highest BCUT2D eigenvalue weighted by Gasteiger charge is 2.29. The molecule has 186 valence electrons. The zero-order chi connectivity index (χ0) is 25.8. The summed E-state index contributed by atoms with van der Waals surface area (Å²) in [5.41, 5.74) is 4.10. The molecule has 6 nitrogen and oxygen atoms in total. The summed E-state index contributed by atoms with van der Waals surface area (Å²) in [5, 5.41) is 9.43. The topological polar surface area (TPSA) is 75.4 Å². The Morgan fingerprint density at radius 2 is 1.71 bits per heavy atom. The number of aliphatic carboxylic acids is 1. The van der Waals surface area contributed by atoms with Crippen molar-refractivity contribution in [3.05, 3.63) is 65.5 Å². The number of carboxylic acids is 1. The fourth-order valence-electron chi connectivity index (χ4n) is 3.97. The van der Waals surface area contributed by atoms with Crippen LogP contribution in [0.3, 0.4) is 0 Å². The third kappa shape index (κ3) is 5.96. The second-order valence-corrected chi connectivity index (χ2v) is 11.0. The summed E-state index contributed by atoms with van der Waals surface area (Å²) in [4.78, 5) is 32.4. The first kappa shape index (κ1) is 26.5. The van der Waals surface area contributed by atoms with Gasteiger partial charge >= 0.3 is 5.97 Å². The summed E-state index contributed by atoms with van der Waals surface area (Å²) < 4.78 is 1.22. The van der Waals surface area contributed by atoms with Crippen molar-refractivity contribution in [3.8, 4) is 11.4 Å². The standard InChI is InChI=1S/C28H35N3O3S/c1-7-8-11-18-31-20(3)24(26(32)30(6)23-13-10-9-12-19(23)2)29-25(31)21-14-16-22(17-15-21)35-28(4,5)27(33)34/h9-10,12-17H,7-8,11,18H2,1-6H3,(H,33,34). The number of aromatic nitrogens is 2. The molecule has 0 aliphatic rings. The first-order chi connectivity index (χ1) is 16.6. The van der Waals surface area contributed by atoms with Crippen molar-refractivity contribution < 1.29 is 14.7 Å². The van der Waals surface area contributed by atoms with Gasteiger partial charge in [-0.3, -0.25) is 9.59 Å². The first-order valence-corrected chi connectivity index (χ1v) is 12.8. The van der Waals surface area contributed by atoms with Gasteiger partial charge in [-0.15, -0.1) is 11.8 Å². The Kier molecular flexibility index (Phi) is 8.43. The lowest BCUT2D eigenvalue weighted by Gasteiger charge is -2.19. The van der Waals surface area contributed by atoms with E-state index in [-0.39, 0.29) is 5.91 Å². The van der Waals surface area contributed by atoms with Crippen molar-refractivity contribution >= 4 is 29.3 Å². The number of aryl methyl sites for hydroxylation is 1. The van der Waals surface area contributed by atoms with Crippen LogP contribution in [0.5, 0.6) is 0 Å². The highest BCUT2D eigenvalue weighted by Crippen LogP contribution is 2.34. The van der Waals surface area contributed by atoms with Gasteiger partial charge in [0.1, 0.15) is 16.3 Å². The molecular formula is C28H35N3O3S. The fraction of sp³-hybridized carbons (Fsp3) is 0.393. The highest BCUT2D eigenvalue weighted by molar-refractivity contribution is 8.01. The molecule has 7 heteroatoms. The van der Waals surface area contributed by atoms with E-state index in [1.54, 1.807) is 25.8 Å². The molecule has 3 aromatic rings. The molecule has 0 bridgehead atoms. The minimum Gasteiger partial charge on any atom is -0.480 e. The van der Waals surface area contributed by atoms with Gasteiger partial charge in [-0.1, -0.05) is 50.1 Å². The third-order valence-electron chi connectivity index (χ3n) is 6.19. The van der Waals surface area contributed by atoms with Crippen LogP contribution in [0.1, 0.15) is 61.8 Å². The molecule has 0 radical (unpaired) electrons. The maximum absolute atomic E-state index is 13.5. The zero-order valence-electron chi connectivity index (χ0n) is 21.5. The molecule has 1 heterocycles. The summed E-state index contributed by atoms with van der Waals surface area (Å²) in [6.45, 7) is 10.3. The van der Waals surface area contributed by atoms with Gasteiger partial charge < -0.3 is 14.6 Å². The predicted molar refractivity (Wildman–Crippen MR) is 143 cm³/mol. The Labute approximate surface area is 212 Å². The van der Waals surface area contributed by atoms with Crippen LogP contribution in [0.2, 0.25) is 0 Å². The number of carbonyl (C=O) groups is 2. The number of carboxylic acid groups (broad SMARTS) is 1. The highest BCUT2D eigenvalue weighted by atomic mass is 32.2. The number of imidazole rings is 1. The summed E-state index contributed by atoms with van der Waals surface area (Å²) in [6.07, 6.45) is 3.21. The molecule has 0 spiro atoms. The number of thioether (sulfide) groups is 1. The molecule has 0 aliphatic heterocycles. The van der Waals surface area contributed by atoms with Gasteiger partial charge in [-0.05, 0) is 57.9 Å². The van der Waals surface area contributed by atoms with Gasteiger partial charge in [-0.2, -0.15) is 0 Å². The van der Waals surface area contributed by atoms with Crippen LogP contribution in [0.15, 0.2) is 53.4 Å². The number of carbonyl (C=O) groups excluding carboxylic acids is 1. The largest absolute Gasteiger partial charge is 0.480 e. The molecule has 0 aliphatic carbocycles. The van der Waals surface area contributed by atoms with E-state index in [0.717, 1.165) is 59.0 Å². The van der Waals surface area contributed by atoms with Crippen LogP contribution in [0.4, 0.5) is 5.69 Å². The molecule has 0 saturated heterocycles. The fourth-order valence-corrected chi connectivity index (χ4v) is 4.92. The molecule has 0 fully saturated rings. The lowest BCUT2D eigenvalue weighted by molar-refractivity contribution is -0.138. The third-order valence-corrected chi connectivity index (χ3v) is 7.38. The average molecular weight is 494 g/mol. The van der Waals surface area contributed by atoms with Crippen LogP contribution in [-0.2, 0) is 11.3 Å². The lowest BCUT2D eigenvalue weighted by atomic mass is 10.1. The van der Waals surface area contributed by atoms with Crippen molar-refractivity contribution in [2.75, 3.05) is 11.9 Å². The van der Waals surface area contributed by atoms with Gasteiger partial charge in [0.15, 0.2) is 0 Å². The number of benzene rings is 2. The van der Waals surface area contributed by atoms with Crippen molar-refractivity contribution in [1.82, 2.24) is 9.55 Å². The molecule has 0 saturated carbocycles. The van der Waals surface area contributed by atoms with Crippen LogP contribution in [0.25, 0.3) is 11.4 Å². The molecular weight excluding hydrogens is 458 g/mol. The van der Waals surface area contributed by atoms with Gasteiger partial charge in [0, 0.05) is 35.4 Å². The zero-order valence-corrected chi connectivity index (χ0v) is 22.3. The van der Waals surface area contributed by atoms with Crippen LogP contribution >= 0.6 is 11.8 Å². The van der Waals surface area contributed by atoms with Crippen LogP contribution in [0, 0.1) is 13.8 Å². The van der Waals surface area contributed by atoms with E-state index in [2.05, 4.69) is 11.5 Å². The number of anilines is 1. The normalized spacial score (nSPS) is 11.5. The molecule has 2 aromatic carbocycles. The van der Waals surface area contributed by atoms with E-state index in [9.17, 15) is 14.7 Å². The van der Waals surface area contributed by atoms with Crippen molar-refractivity contribution in [1.29, 1.82) is 0 Å². The Hall–Kier alpha value is -3.06. The maximum atomic E-state index is 13.5. The number of unbranched alkanes of at least 4 members (excludes halogenated alkanes) is 2. The van der Waals surface area contributed by atoms with E-state index in [4.69, 9.17) is 4.98 Å². The molecule has 1 N–H and O–H groups in total.